The highest BCUT2D eigenvalue weighted by Gasteiger charge is 2.32. The van der Waals surface area contributed by atoms with Crippen LogP contribution in [-0.2, 0) is 9.78 Å². The van der Waals surface area contributed by atoms with Crippen LogP contribution in [0.3, 0.4) is 0 Å². The maximum atomic E-state index is 9.26. The summed E-state index contributed by atoms with van der Waals surface area (Å²) in [4.78, 5) is 7.34. The molecule has 0 aromatic rings. The van der Waals surface area contributed by atoms with Gasteiger partial charge < -0.3 is 5.11 Å². The third-order valence-electron chi connectivity index (χ3n) is 2.37. The van der Waals surface area contributed by atoms with Crippen LogP contribution in [0.15, 0.2) is 0 Å². The molecule has 0 aliphatic heterocycles. The summed E-state index contributed by atoms with van der Waals surface area (Å²) in [5.74, 6) is -1.55. The summed E-state index contributed by atoms with van der Waals surface area (Å²) in [6.45, 7) is 6.19. The highest BCUT2D eigenvalue weighted by Crippen LogP contribution is 2.23. The van der Waals surface area contributed by atoms with Gasteiger partial charge >= 0.3 is 5.97 Å². The van der Waals surface area contributed by atoms with Crippen molar-refractivity contribution < 1.29 is 25.4 Å². The second kappa shape index (κ2) is 7.14. The van der Waals surface area contributed by atoms with Gasteiger partial charge in [-0.1, -0.05) is 40.0 Å². The van der Waals surface area contributed by atoms with E-state index in [9.17, 15) is 5.11 Å². The Morgan fingerprint density at radius 1 is 1.07 bits per heavy atom. The topological polar surface area (TPSA) is 79.2 Å². The molecule has 0 aliphatic carbocycles. The van der Waals surface area contributed by atoms with Gasteiger partial charge in [0, 0.05) is 6.42 Å². The first-order chi connectivity index (χ1) is 6.93. The molecule has 0 aromatic carbocycles. The van der Waals surface area contributed by atoms with Crippen LogP contribution in [0.5, 0.6) is 0 Å². The third-order valence-corrected chi connectivity index (χ3v) is 2.37. The molecule has 92 valence electrons. The highest BCUT2D eigenvalue weighted by atomic mass is 17.3. The minimum Gasteiger partial charge on any atom is -0.340 e. The Bertz CT molecular complexity index is 156. The smallest absolute Gasteiger partial charge is 0.336 e. The second-order valence-electron chi connectivity index (χ2n) is 4.53. The molecule has 0 spiro atoms. The van der Waals surface area contributed by atoms with Gasteiger partial charge in [-0.2, -0.15) is 9.78 Å². The van der Waals surface area contributed by atoms with E-state index in [-0.39, 0.29) is 12.3 Å². The zero-order chi connectivity index (χ0) is 11.9. The molecule has 0 amide bonds. The molecule has 1 atom stereocenters. The van der Waals surface area contributed by atoms with Gasteiger partial charge in [0.15, 0.2) is 0 Å². The fourth-order valence-corrected chi connectivity index (χ4v) is 1.51. The Hall–Kier alpha value is -0.200. The Morgan fingerprint density at radius 2 is 1.60 bits per heavy atom. The average Bonchev–Trinajstić information content (AvgIpc) is 2.17. The Morgan fingerprint density at radius 3 is 2.00 bits per heavy atom. The van der Waals surface area contributed by atoms with Gasteiger partial charge in [-0.3, -0.25) is 0 Å². The Balaban J connectivity index is 3.76. The van der Waals surface area contributed by atoms with Crippen LogP contribution in [0.1, 0.15) is 46.5 Å². The second-order valence-corrected chi connectivity index (χ2v) is 4.53. The van der Waals surface area contributed by atoms with Crippen molar-refractivity contribution in [2.75, 3.05) is 0 Å². The minimum atomic E-state index is -2.29. The molecule has 15 heavy (non-hydrogen) atoms. The Labute approximate surface area is 90.5 Å². The van der Waals surface area contributed by atoms with E-state index in [1.165, 1.54) is 0 Å². The van der Waals surface area contributed by atoms with E-state index < -0.39 is 5.97 Å². The molecule has 0 aliphatic rings. The first-order valence-corrected chi connectivity index (χ1v) is 5.31. The molecule has 0 heterocycles. The normalized spacial score (nSPS) is 14.6. The lowest BCUT2D eigenvalue weighted by Crippen LogP contribution is -2.35. The van der Waals surface area contributed by atoms with Gasteiger partial charge in [-0.05, 0) is 11.8 Å². The van der Waals surface area contributed by atoms with Crippen LogP contribution in [0.4, 0.5) is 0 Å². The first-order valence-electron chi connectivity index (χ1n) is 5.31. The van der Waals surface area contributed by atoms with Crippen molar-refractivity contribution in [2.45, 2.75) is 52.4 Å². The lowest BCUT2D eigenvalue weighted by atomic mass is 9.96. The molecule has 0 unspecified atom stereocenters. The number of aliphatic hydroxyl groups is 1. The van der Waals surface area contributed by atoms with Crippen molar-refractivity contribution in [1.29, 1.82) is 0 Å². The van der Waals surface area contributed by atoms with Crippen LogP contribution in [0.25, 0.3) is 0 Å². The van der Waals surface area contributed by atoms with Crippen molar-refractivity contribution in [3.63, 3.8) is 0 Å². The lowest BCUT2D eigenvalue weighted by molar-refractivity contribution is -0.555. The molecule has 5 heteroatoms. The number of rotatable bonds is 8. The molecule has 0 bridgehead atoms. The van der Waals surface area contributed by atoms with Crippen LogP contribution in [-0.4, -0.2) is 21.6 Å². The van der Waals surface area contributed by atoms with Crippen LogP contribution in [0, 0.1) is 11.8 Å². The number of hydrogen-bond donors (Lipinski definition) is 3. The molecule has 3 N–H and O–H groups in total. The van der Waals surface area contributed by atoms with E-state index >= 15 is 0 Å². The fourth-order valence-electron chi connectivity index (χ4n) is 1.51. The maximum Gasteiger partial charge on any atom is 0.336 e. The van der Waals surface area contributed by atoms with Gasteiger partial charge in [0.2, 0.25) is 0 Å². The molecule has 0 radical (unpaired) electrons. The first kappa shape index (κ1) is 14.8. The van der Waals surface area contributed by atoms with Gasteiger partial charge in [0.1, 0.15) is 0 Å². The van der Waals surface area contributed by atoms with E-state index in [2.05, 4.69) is 23.6 Å². The van der Waals surface area contributed by atoms with Gasteiger partial charge in [0.25, 0.3) is 0 Å². The van der Waals surface area contributed by atoms with E-state index in [0.29, 0.717) is 5.92 Å². The SMILES string of the molecule is CC(C)CCC[C@@H](C)CC(O)(OO)OO. The highest BCUT2D eigenvalue weighted by molar-refractivity contribution is 4.60. The summed E-state index contributed by atoms with van der Waals surface area (Å²) in [7, 11) is 0. The summed E-state index contributed by atoms with van der Waals surface area (Å²) >= 11 is 0. The van der Waals surface area contributed by atoms with Crippen LogP contribution >= 0.6 is 0 Å². The molecule has 0 fully saturated rings. The summed E-state index contributed by atoms with van der Waals surface area (Å²) < 4.78 is 0. The van der Waals surface area contributed by atoms with Crippen molar-refractivity contribution in [3.05, 3.63) is 0 Å². The van der Waals surface area contributed by atoms with Crippen LogP contribution in [0.2, 0.25) is 0 Å². The van der Waals surface area contributed by atoms with Crippen molar-refractivity contribution in [1.82, 2.24) is 0 Å². The predicted octanol–water partition coefficient (Wildman–Crippen LogP) is 2.46. The summed E-state index contributed by atoms with van der Waals surface area (Å²) in [5.41, 5.74) is 0. The monoisotopic (exact) mass is 222 g/mol. The zero-order valence-corrected chi connectivity index (χ0v) is 9.64. The molecule has 0 rings (SSSR count). The third kappa shape index (κ3) is 6.81. The minimum absolute atomic E-state index is 0.0259. The molecule has 5 nitrogen and oxygen atoms in total. The van der Waals surface area contributed by atoms with E-state index in [1.807, 2.05) is 6.92 Å². The van der Waals surface area contributed by atoms with Crippen LogP contribution < -0.4 is 0 Å². The van der Waals surface area contributed by atoms with Crippen molar-refractivity contribution in [3.8, 4) is 0 Å². The Kier molecular flexibility index (Phi) is 7.04. The molecular weight excluding hydrogens is 200 g/mol. The summed E-state index contributed by atoms with van der Waals surface area (Å²) in [6.07, 6.45) is 3.06. The lowest BCUT2D eigenvalue weighted by Gasteiger charge is -2.23. The molecule has 0 aromatic heterocycles. The number of hydrogen-bond acceptors (Lipinski definition) is 5. The van der Waals surface area contributed by atoms with E-state index in [0.717, 1.165) is 19.3 Å². The van der Waals surface area contributed by atoms with E-state index in [1.54, 1.807) is 0 Å². The van der Waals surface area contributed by atoms with Gasteiger partial charge in [0.05, 0.1) is 0 Å². The maximum absolute atomic E-state index is 9.26. The predicted molar refractivity (Wildman–Crippen MR) is 54.8 cm³/mol. The van der Waals surface area contributed by atoms with Crippen molar-refractivity contribution in [2.24, 2.45) is 11.8 Å². The van der Waals surface area contributed by atoms with Gasteiger partial charge in [-0.25, -0.2) is 10.5 Å². The fraction of sp³-hybridized carbons (Fsp3) is 1.00. The molecule has 0 saturated carbocycles. The summed E-state index contributed by atoms with van der Waals surface area (Å²) in [6, 6.07) is 0. The zero-order valence-electron chi connectivity index (χ0n) is 9.64. The van der Waals surface area contributed by atoms with Crippen molar-refractivity contribution >= 4 is 0 Å². The standard InChI is InChI=1S/C10H22O5/c1-8(2)5-4-6-9(3)7-10(11,14-12)15-13/h8-9,11-13H,4-7H2,1-3H3/t9-/m1/s1. The largest absolute Gasteiger partial charge is 0.340 e. The molecular formula is C10H22O5. The molecule has 0 saturated heterocycles. The average molecular weight is 222 g/mol. The quantitative estimate of drug-likeness (QED) is 0.334. The van der Waals surface area contributed by atoms with Gasteiger partial charge in [-0.15, -0.1) is 0 Å². The van der Waals surface area contributed by atoms with E-state index in [4.69, 9.17) is 10.5 Å². The summed E-state index contributed by atoms with van der Waals surface area (Å²) in [5, 5.41) is 25.9.